The summed E-state index contributed by atoms with van der Waals surface area (Å²) < 4.78 is 5.90. The Kier molecular flexibility index (Phi) is 10.2. The molecule has 2 N–H and O–H groups in total. The number of aryl methyl sites for hydroxylation is 1. The number of hydrogen-bond donors (Lipinski definition) is 2. The van der Waals surface area contributed by atoms with Gasteiger partial charge in [-0.1, -0.05) is 61.6 Å². The van der Waals surface area contributed by atoms with Crippen LogP contribution in [0.3, 0.4) is 0 Å². The minimum absolute atomic E-state index is 0.0324. The highest BCUT2D eigenvalue weighted by Crippen LogP contribution is 2.38. The Labute approximate surface area is 224 Å². The Bertz CT molecular complexity index is 1060. The molecule has 8 nitrogen and oxygen atoms in total. The second-order valence-corrected chi connectivity index (χ2v) is 12.6. The number of carbonyl (C=O) groups excluding carboxylic acids is 3. The Morgan fingerprint density at radius 2 is 1.75 bits per heavy atom. The fourth-order valence-corrected chi connectivity index (χ4v) is 7.71. The number of anilines is 2. The number of nitrogens with zero attached hydrogens (tertiary/aromatic N) is 2. The number of rotatable bonds is 10. The van der Waals surface area contributed by atoms with Gasteiger partial charge in [0.25, 0.3) is 0 Å². The maximum Gasteiger partial charge on any atom is 0.341 e. The standard InChI is InChI=1S/C25H34N4O4S3/c1-2-33-23(32)21-17-11-7-4-8-12-18(17)35-22(21)26-20(31)15-34-25-29-28-24(36-25)27-19(30)14-13-16-9-5-3-6-10-16/h16H,2-15H2,1H3,(H,26,31)(H,27,28,30). The molecule has 1 saturated carbocycles. The summed E-state index contributed by atoms with van der Waals surface area (Å²) in [5, 5.41) is 14.9. The lowest BCUT2D eigenvalue weighted by Gasteiger charge is -2.20. The van der Waals surface area contributed by atoms with Crippen molar-refractivity contribution in [3.05, 3.63) is 16.0 Å². The van der Waals surface area contributed by atoms with Gasteiger partial charge in [-0.2, -0.15) is 0 Å². The van der Waals surface area contributed by atoms with Crippen molar-refractivity contribution in [3.63, 3.8) is 0 Å². The largest absolute Gasteiger partial charge is 0.462 e. The van der Waals surface area contributed by atoms with Crippen molar-refractivity contribution >= 4 is 62.4 Å². The molecule has 0 aliphatic heterocycles. The third-order valence-electron chi connectivity index (χ3n) is 6.64. The molecule has 11 heteroatoms. The van der Waals surface area contributed by atoms with Crippen LogP contribution in [-0.2, 0) is 27.2 Å². The van der Waals surface area contributed by atoms with Crippen molar-refractivity contribution < 1.29 is 19.1 Å². The molecule has 2 heterocycles. The molecule has 2 aromatic rings. The summed E-state index contributed by atoms with van der Waals surface area (Å²) in [6.07, 6.45) is 12.8. The molecule has 0 aromatic carbocycles. The van der Waals surface area contributed by atoms with E-state index >= 15 is 0 Å². The third kappa shape index (κ3) is 7.52. The second kappa shape index (κ2) is 13.5. The number of amides is 2. The smallest absolute Gasteiger partial charge is 0.341 e. The molecule has 0 spiro atoms. The topological polar surface area (TPSA) is 110 Å². The fourth-order valence-electron chi connectivity index (χ4n) is 4.85. The monoisotopic (exact) mass is 550 g/mol. The summed E-state index contributed by atoms with van der Waals surface area (Å²) in [7, 11) is 0. The predicted octanol–water partition coefficient (Wildman–Crippen LogP) is 6.08. The van der Waals surface area contributed by atoms with Gasteiger partial charge in [-0.3, -0.25) is 9.59 Å². The molecule has 2 amide bonds. The molecule has 0 radical (unpaired) electrons. The average molecular weight is 551 g/mol. The van der Waals surface area contributed by atoms with Crippen molar-refractivity contribution in [1.82, 2.24) is 10.2 Å². The quantitative estimate of drug-likeness (QED) is 0.160. The highest BCUT2D eigenvalue weighted by atomic mass is 32.2. The number of fused-ring (bicyclic) bond motifs is 1. The van der Waals surface area contributed by atoms with Gasteiger partial charge in [-0.05, 0) is 50.5 Å². The zero-order chi connectivity index (χ0) is 25.3. The molecule has 0 unspecified atom stereocenters. The van der Waals surface area contributed by atoms with Crippen molar-refractivity contribution in [2.45, 2.75) is 88.3 Å². The van der Waals surface area contributed by atoms with Crippen molar-refractivity contribution in [3.8, 4) is 0 Å². The van der Waals surface area contributed by atoms with E-state index in [-0.39, 0.29) is 23.5 Å². The van der Waals surface area contributed by atoms with Gasteiger partial charge in [0.1, 0.15) is 5.00 Å². The fraction of sp³-hybridized carbons (Fsp3) is 0.640. The van der Waals surface area contributed by atoms with E-state index < -0.39 is 0 Å². The van der Waals surface area contributed by atoms with Crippen LogP contribution in [0.15, 0.2) is 4.34 Å². The van der Waals surface area contributed by atoms with Crippen LogP contribution >= 0.6 is 34.4 Å². The third-order valence-corrected chi connectivity index (χ3v) is 9.82. The number of aromatic nitrogens is 2. The molecular weight excluding hydrogens is 517 g/mol. The minimum atomic E-state index is -0.368. The second-order valence-electron chi connectivity index (χ2n) is 9.29. The number of hydrogen-bond acceptors (Lipinski definition) is 9. The molecule has 0 saturated heterocycles. The lowest BCUT2D eigenvalue weighted by Crippen LogP contribution is -2.16. The Morgan fingerprint density at radius 1 is 0.972 bits per heavy atom. The molecule has 196 valence electrons. The van der Waals surface area contributed by atoms with E-state index in [1.807, 2.05) is 0 Å². The number of carbonyl (C=O) groups is 3. The highest BCUT2D eigenvalue weighted by molar-refractivity contribution is 8.01. The molecule has 4 rings (SSSR count). The highest BCUT2D eigenvalue weighted by Gasteiger charge is 2.26. The maximum absolute atomic E-state index is 12.7. The van der Waals surface area contributed by atoms with Gasteiger partial charge in [0, 0.05) is 11.3 Å². The molecule has 0 atom stereocenters. The minimum Gasteiger partial charge on any atom is -0.462 e. The van der Waals surface area contributed by atoms with E-state index in [0.29, 0.717) is 39.0 Å². The van der Waals surface area contributed by atoms with Gasteiger partial charge in [0.05, 0.1) is 17.9 Å². The van der Waals surface area contributed by atoms with Crippen molar-refractivity contribution in [2.24, 2.45) is 5.92 Å². The zero-order valence-corrected chi connectivity index (χ0v) is 23.2. The van der Waals surface area contributed by atoms with Gasteiger partial charge < -0.3 is 15.4 Å². The van der Waals surface area contributed by atoms with E-state index in [2.05, 4.69) is 20.8 Å². The van der Waals surface area contributed by atoms with Crippen LogP contribution in [0.1, 0.15) is 91.9 Å². The first-order chi connectivity index (χ1) is 17.5. The molecule has 1 fully saturated rings. The molecule has 2 aliphatic carbocycles. The summed E-state index contributed by atoms with van der Waals surface area (Å²) in [6.45, 7) is 2.08. The first kappa shape index (κ1) is 27.1. The Balaban J connectivity index is 1.28. The average Bonchev–Trinajstić information content (AvgIpc) is 3.38. The molecule has 2 aromatic heterocycles. The van der Waals surface area contributed by atoms with Gasteiger partial charge >= 0.3 is 5.97 Å². The number of thiophene rings is 1. The molecular formula is C25H34N4O4S3. The SMILES string of the molecule is CCOC(=O)c1c(NC(=O)CSc2nnc(NC(=O)CCC3CCCCC3)s2)sc2c1CCCCC2. The van der Waals surface area contributed by atoms with Crippen LogP contribution in [0.5, 0.6) is 0 Å². The predicted molar refractivity (Wildman–Crippen MR) is 145 cm³/mol. The normalized spacial score (nSPS) is 16.1. The number of nitrogens with one attached hydrogen (secondary N) is 2. The van der Waals surface area contributed by atoms with Crippen LogP contribution in [-0.4, -0.2) is 40.3 Å². The number of thioether (sulfide) groups is 1. The van der Waals surface area contributed by atoms with E-state index in [1.54, 1.807) is 6.92 Å². The molecule has 36 heavy (non-hydrogen) atoms. The van der Waals surface area contributed by atoms with Gasteiger partial charge in [-0.25, -0.2) is 4.79 Å². The van der Waals surface area contributed by atoms with Crippen LogP contribution in [0.25, 0.3) is 0 Å². The van der Waals surface area contributed by atoms with Gasteiger partial charge in [-0.15, -0.1) is 21.5 Å². The molecule has 0 bridgehead atoms. The van der Waals surface area contributed by atoms with Crippen LogP contribution < -0.4 is 10.6 Å². The zero-order valence-electron chi connectivity index (χ0n) is 20.7. The first-order valence-electron chi connectivity index (χ1n) is 12.9. The maximum atomic E-state index is 12.7. The lowest BCUT2D eigenvalue weighted by atomic mass is 9.86. The first-order valence-corrected chi connectivity index (χ1v) is 15.5. The van der Waals surface area contributed by atoms with Crippen LogP contribution in [0, 0.1) is 5.92 Å². The number of esters is 1. The summed E-state index contributed by atoms with van der Waals surface area (Å²) in [5.41, 5.74) is 1.55. The van der Waals surface area contributed by atoms with Crippen molar-refractivity contribution in [1.29, 1.82) is 0 Å². The number of ether oxygens (including phenoxy) is 1. The van der Waals surface area contributed by atoms with Crippen LogP contribution in [0.2, 0.25) is 0 Å². The van der Waals surface area contributed by atoms with Gasteiger partial charge in [0.15, 0.2) is 4.34 Å². The van der Waals surface area contributed by atoms with E-state index in [1.165, 1.54) is 71.4 Å². The Morgan fingerprint density at radius 3 is 2.56 bits per heavy atom. The molecule has 2 aliphatic rings. The van der Waals surface area contributed by atoms with Gasteiger partial charge in [0.2, 0.25) is 16.9 Å². The van der Waals surface area contributed by atoms with Crippen molar-refractivity contribution in [2.75, 3.05) is 23.0 Å². The van der Waals surface area contributed by atoms with Crippen LogP contribution in [0.4, 0.5) is 10.1 Å². The summed E-state index contributed by atoms with van der Waals surface area (Å²) >= 11 is 4.02. The Hall–Kier alpha value is -1.98. The summed E-state index contributed by atoms with van der Waals surface area (Å²) in [5.74, 6) is 0.180. The lowest BCUT2D eigenvalue weighted by molar-refractivity contribution is -0.116. The summed E-state index contributed by atoms with van der Waals surface area (Å²) in [4.78, 5) is 38.9. The van der Waals surface area contributed by atoms with E-state index in [0.717, 1.165) is 44.1 Å². The van der Waals surface area contributed by atoms with E-state index in [9.17, 15) is 14.4 Å². The summed E-state index contributed by atoms with van der Waals surface area (Å²) in [6, 6.07) is 0. The van der Waals surface area contributed by atoms with E-state index in [4.69, 9.17) is 4.74 Å².